The molecule has 0 saturated carbocycles. The molecule has 0 bridgehead atoms. The van der Waals surface area contributed by atoms with E-state index in [0.717, 1.165) is 50.4 Å². The van der Waals surface area contributed by atoms with E-state index in [-0.39, 0.29) is 35.1 Å². The van der Waals surface area contributed by atoms with Gasteiger partial charge in [-0.05, 0) is 86.5 Å². The van der Waals surface area contributed by atoms with Gasteiger partial charge < -0.3 is 9.64 Å². The highest BCUT2D eigenvalue weighted by Crippen LogP contribution is 2.56. The Morgan fingerprint density at radius 1 is 0.472 bits per heavy atom. The Morgan fingerprint density at radius 2 is 1.09 bits per heavy atom. The van der Waals surface area contributed by atoms with Crippen LogP contribution in [0.2, 0.25) is 0 Å². The van der Waals surface area contributed by atoms with Crippen molar-refractivity contribution in [3.63, 3.8) is 0 Å². The van der Waals surface area contributed by atoms with Crippen molar-refractivity contribution in [2.24, 2.45) is 0 Å². The fraction of sp³-hybridized carbons (Fsp3) is 0.0588. The summed E-state index contributed by atoms with van der Waals surface area (Å²) in [5, 5.41) is 0. The van der Waals surface area contributed by atoms with Gasteiger partial charge in [0.15, 0.2) is 0 Å². The molecule has 2 heteroatoms. The maximum Gasteiger partial charge on any atom is 0.143 e. The minimum absolute atomic E-state index is 0.0989. The second-order valence-electron chi connectivity index (χ2n) is 14.1. The van der Waals surface area contributed by atoms with Crippen molar-refractivity contribution in [1.29, 1.82) is 0 Å². The Balaban J connectivity index is 1.21. The summed E-state index contributed by atoms with van der Waals surface area (Å²) in [5.74, 6) is 1.02. The number of hydrogen-bond acceptors (Lipinski definition) is 2. The predicted octanol–water partition coefficient (Wildman–Crippen LogP) is 14.2. The van der Waals surface area contributed by atoms with Crippen molar-refractivity contribution in [1.82, 2.24) is 0 Å². The van der Waals surface area contributed by atoms with Crippen molar-refractivity contribution in [2.75, 3.05) is 4.90 Å². The third-order valence-corrected chi connectivity index (χ3v) is 10.8. The van der Waals surface area contributed by atoms with E-state index in [1.165, 1.54) is 22.3 Å². The van der Waals surface area contributed by atoms with Crippen LogP contribution in [-0.4, -0.2) is 0 Å². The van der Waals surface area contributed by atoms with Gasteiger partial charge in [-0.15, -0.1) is 0 Å². The lowest BCUT2D eigenvalue weighted by Gasteiger charge is -2.30. The van der Waals surface area contributed by atoms with Crippen LogP contribution in [0.25, 0.3) is 55.6 Å². The SMILES string of the molecule is [2H]c1c([2H])c([2H])c(-c2cccc3c2Oc2cccc(N(c4ccc(-c5ccccc5)cc4)c4ccc5c(c4)C(C)(C)c4ccccc4-5)c2-c2ccccc2-3)c([2H])c1[2H]. The largest absolute Gasteiger partial charge is 0.455 e. The number of ether oxygens (including phenoxy) is 1. The smallest absolute Gasteiger partial charge is 0.143 e. The molecule has 10 rings (SSSR count). The first-order chi connectivity index (χ1) is 28.1. The zero-order chi connectivity index (χ0) is 39.9. The fourth-order valence-electron chi connectivity index (χ4n) is 8.24. The molecular weight excluding hydrogens is 643 g/mol. The molecule has 1 heterocycles. The molecule has 0 spiro atoms. The van der Waals surface area contributed by atoms with Gasteiger partial charge in [-0.3, -0.25) is 0 Å². The summed E-state index contributed by atoms with van der Waals surface area (Å²) >= 11 is 0. The molecule has 252 valence electrons. The summed E-state index contributed by atoms with van der Waals surface area (Å²) in [7, 11) is 0. The van der Waals surface area contributed by atoms with Crippen LogP contribution in [0.5, 0.6) is 11.5 Å². The molecule has 0 atom stereocenters. The number of nitrogens with zero attached hydrogens (tertiary/aromatic N) is 1. The molecule has 0 fully saturated rings. The van der Waals surface area contributed by atoms with Crippen molar-refractivity contribution >= 4 is 17.1 Å². The number of para-hydroxylation sites is 1. The Kier molecular flexibility index (Phi) is 6.05. The number of benzene rings is 8. The third kappa shape index (κ3) is 5.02. The molecule has 0 radical (unpaired) electrons. The summed E-state index contributed by atoms with van der Waals surface area (Å²) in [6.45, 7) is 4.59. The quantitative estimate of drug-likeness (QED) is 0.179. The predicted molar refractivity (Wildman–Crippen MR) is 221 cm³/mol. The minimum atomic E-state index is -0.433. The van der Waals surface area contributed by atoms with Crippen LogP contribution in [0.1, 0.15) is 31.8 Å². The van der Waals surface area contributed by atoms with Gasteiger partial charge in [-0.25, -0.2) is 0 Å². The van der Waals surface area contributed by atoms with Gasteiger partial charge in [0.25, 0.3) is 0 Å². The van der Waals surface area contributed by atoms with E-state index >= 15 is 0 Å². The van der Waals surface area contributed by atoms with Gasteiger partial charge in [0, 0.05) is 33.5 Å². The van der Waals surface area contributed by atoms with Crippen LogP contribution in [0.15, 0.2) is 188 Å². The lowest BCUT2D eigenvalue weighted by Crippen LogP contribution is -2.17. The van der Waals surface area contributed by atoms with E-state index in [2.05, 4.69) is 128 Å². The molecule has 2 aliphatic rings. The Bertz CT molecular complexity index is 2930. The Morgan fingerprint density at radius 3 is 1.91 bits per heavy atom. The summed E-state index contributed by atoms with van der Waals surface area (Å²) in [6.07, 6.45) is 0. The van der Waals surface area contributed by atoms with Gasteiger partial charge in [-0.2, -0.15) is 0 Å². The number of hydrogen-bond donors (Lipinski definition) is 0. The molecule has 53 heavy (non-hydrogen) atoms. The first-order valence-corrected chi connectivity index (χ1v) is 17.9. The summed E-state index contributed by atoms with van der Waals surface area (Å²) < 4.78 is 49.9. The van der Waals surface area contributed by atoms with Crippen LogP contribution in [-0.2, 0) is 5.41 Å². The highest BCUT2D eigenvalue weighted by molar-refractivity contribution is 6.01. The van der Waals surface area contributed by atoms with Gasteiger partial charge >= 0.3 is 0 Å². The standard InChI is InChI=1S/C51H37NO/c1-51(2)45-24-12-11-20-41(45)42-32-31-38(33-46(42)51)52(37-29-27-35(28-30-37)34-15-5-3-6-16-34)47-25-14-26-48-49(47)43-21-10-9-19-40(43)44-23-13-22-39(50(44)53-48)36-17-7-4-8-18-36/h3-33H,1-2H3/i4D,7D,8D,17D,18D. The molecule has 1 aliphatic heterocycles. The number of anilines is 3. The summed E-state index contributed by atoms with van der Waals surface area (Å²) in [6, 6.07) is 52.6. The Hall–Kier alpha value is -6.64. The zero-order valence-corrected chi connectivity index (χ0v) is 29.4. The average molecular weight is 685 g/mol. The lowest BCUT2D eigenvalue weighted by molar-refractivity contribution is 0.489. The molecule has 0 aromatic heterocycles. The fourth-order valence-corrected chi connectivity index (χ4v) is 8.24. The van der Waals surface area contributed by atoms with Crippen LogP contribution < -0.4 is 9.64 Å². The van der Waals surface area contributed by atoms with Crippen molar-refractivity contribution in [3.8, 4) is 67.1 Å². The zero-order valence-electron chi connectivity index (χ0n) is 34.4. The van der Waals surface area contributed by atoms with Crippen molar-refractivity contribution in [2.45, 2.75) is 19.3 Å². The molecule has 0 unspecified atom stereocenters. The van der Waals surface area contributed by atoms with Crippen LogP contribution in [0.4, 0.5) is 17.1 Å². The summed E-state index contributed by atoms with van der Waals surface area (Å²) in [4.78, 5) is 2.31. The second kappa shape index (κ2) is 12.3. The minimum Gasteiger partial charge on any atom is -0.455 e. The Labute approximate surface area is 318 Å². The highest BCUT2D eigenvalue weighted by atomic mass is 16.5. The normalized spacial score (nSPS) is 14.3. The maximum absolute atomic E-state index is 8.87. The molecule has 0 amide bonds. The first-order valence-electron chi connectivity index (χ1n) is 20.4. The molecule has 2 nitrogen and oxygen atoms in total. The van der Waals surface area contributed by atoms with Crippen molar-refractivity contribution < 1.29 is 11.6 Å². The molecule has 8 aromatic carbocycles. The molecule has 0 saturated heterocycles. The second-order valence-corrected chi connectivity index (χ2v) is 14.1. The van der Waals surface area contributed by atoms with E-state index in [4.69, 9.17) is 11.6 Å². The van der Waals surface area contributed by atoms with E-state index in [0.29, 0.717) is 17.1 Å². The van der Waals surface area contributed by atoms with E-state index in [1.807, 2.05) is 42.5 Å². The topological polar surface area (TPSA) is 12.5 Å². The van der Waals surface area contributed by atoms with E-state index < -0.39 is 6.04 Å². The number of fused-ring (bicyclic) bond motifs is 8. The van der Waals surface area contributed by atoms with Crippen LogP contribution >= 0.6 is 0 Å². The van der Waals surface area contributed by atoms with Gasteiger partial charge in [0.05, 0.1) is 12.5 Å². The first kappa shape index (κ1) is 26.2. The molecule has 1 aliphatic carbocycles. The monoisotopic (exact) mass is 684 g/mol. The number of rotatable bonds is 5. The maximum atomic E-state index is 8.87. The molecule has 0 N–H and O–H groups in total. The van der Waals surface area contributed by atoms with E-state index in [1.54, 1.807) is 6.07 Å². The molecule has 8 aromatic rings. The van der Waals surface area contributed by atoms with Crippen LogP contribution in [0.3, 0.4) is 0 Å². The third-order valence-electron chi connectivity index (χ3n) is 10.8. The van der Waals surface area contributed by atoms with Crippen molar-refractivity contribution in [3.05, 3.63) is 199 Å². The van der Waals surface area contributed by atoms with Gasteiger partial charge in [-0.1, -0.05) is 165 Å². The molecular formula is C51H37NO. The van der Waals surface area contributed by atoms with Crippen LogP contribution in [0, 0.1) is 0 Å². The lowest BCUT2D eigenvalue weighted by atomic mass is 9.82. The van der Waals surface area contributed by atoms with E-state index in [9.17, 15) is 0 Å². The highest BCUT2D eigenvalue weighted by Gasteiger charge is 2.36. The van der Waals surface area contributed by atoms with Gasteiger partial charge in [0.1, 0.15) is 11.5 Å². The average Bonchev–Trinajstić information content (AvgIpc) is 3.38. The summed E-state index contributed by atoms with van der Waals surface area (Å²) in [5.41, 5.74) is 14.0. The van der Waals surface area contributed by atoms with Gasteiger partial charge in [0.2, 0.25) is 0 Å².